The van der Waals surface area contributed by atoms with Gasteiger partial charge in [-0.05, 0) is 95.7 Å². The van der Waals surface area contributed by atoms with E-state index in [2.05, 4.69) is 72.1 Å². The van der Waals surface area contributed by atoms with Crippen LogP contribution < -0.4 is 22.2 Å². The van der Waals surface area contributed by atoms with Gasteiger partial charge < -0.3 is 117 Å². The van der Waals surface area contributed by atoms with E-state index in [0.717, 1.165) is 46.8 Å². The summed E-state index contributed by atoms with van der Waals surface area (Å²) in [5.41, 5.74) is 2.36. The minimum atomic E-state index is -4.53. The molecule has 0 spiro atoms. The van der Waals surface area contributed by atoms with Crippen LogP contribution in [0.2, 0.25) is 0 Å². The third-order valence-electron chi connectivity index (χ3n) is 18.7. The number of amides is 3. The number of imidazole rings is 2. The molecule has 8 aromatic heterocycles. The van der Waals surface area contributed by atoms with E-state index in [4.69, 9.17) is 122 Å². The highest BCUT2D eigenvalue weighted by Gasteiger charge is 2.56. The summed E-state index contributed by atoms with van der Waals surface area (Å²) >= 11 is 24.5. The van der Waals surface area contributed by atoms with Gasteiger partial charge in [-0.1, -0.05) is 26.1 Å². The Kier molecular flexibility index (Phi) is 34.7. The van der Waals surface area contributed by atoms with Crippen molar-refractivity contribution in [1.82, 2.24) is 77.9 Å². The fourth-order valence-corrected chi connectivity index (χ4v) is 18.9. The molecule has 4 unspecified atom stereocenters. The van der Waals surface area contributed by atoms with Gasteiger partial charge in [0.05, 0.1) is 65.5 Å². The van der Waals surface area contributed by atoms with Crippen LogP contribution in [0.25, 0.3) is 44.4 Å². The monoisotopic (exact) mass is 2010 g/mol. The van der Waals surface area contributed by atoms with Crippen LogP contribution in [-0.2, 0) is 119 Å². The average molecular weight is 2010 g/mol. The molecule has 0 saturated carbocycles. The van der Waals surface area contributed by atoms with Gasteiger partial charge >= 0.3 is 50.5 Å². The Morgan fingerprint density at radius 3 is 1.45 bits per heavy atom. The second kappa shape index (κ2) is 43.2. The number of H-pyrrole nitrogens is 2. The van der Waals surface area contributed by atoms with Crippen molar-refractivity contribution in [2.75, 3.05) is 78.4 Å². The van der Waals surface area contributed by atoms with Crippen molar-refractivity contribution >= 4 is 172 Å². The van der Waals surface area contributed by atoms with E-state index in [1.54, 1.807) is 55.6 Å². The maximum Gasteiger partial charge on any atom is 0.410 e. The number of alkyl halides is 3. The van der Waals surface area contributed by atoms with Crippen LogP contribution in [-0.4, -0.2) is 289 Å². The van der Waals surface area contributed by atoms with Crippen LogP contribution in [0, 0.1) is 17.6 Å². The number of thiol groups is 1. The highest BCUT2D eigenvalue weighted by Crippen LogP contribution is 2.60. The molecule has 20 atom stereocenters. The van der Waals surface area contributed by atoms with Gasteiger partial charge in [-0.3, -0.25) is 55.3 Å². The van der Waals surface area contributed by atoms with Gasteiger partial charge in [-0.15, -0.1) is 0 Å². The lowest BCUT2D eigenvalue weighted by Gasteiger charge is -2.28. The number of nitrogen functional groups attached to an aromatic ring is 1. The molecule has 6 fully saturated rings. The van der Waals surface area contributed by atoms with E-state index >= 15 is 8.78 Å². The van der Waals surface area contributed by atoms with E-state index in [1.165, 1.54) is 31.6 Å². The molecule has 714 valence electrons. The van der Waals surface area contributed by atoms with Crippen molar-refractivity contribution in [3.8, 4) is 0 Å². The molecule has 3 amide bonds. The fraction of sp³-hybridized carbons (Fsp3) is 0.603. The number of carboxylic acid groups (broad SMARTS) is 1. The zero-order chi connectivity index (χ0) is 95.1. The molecule has 47 nitrogen and oxygen atoms in total. The number of carbonyl (C=O) groups is 5. The Morgan fingerprint density at radius 2 is 1.02 bits per heavy atom. The molecule has 6 saturated heterocycles. The van der Waals surface area contributed by atoms with Crippen molar-refractivity contribution < 1.29 is 150 Å². The zero-order valence-corrected chi connectivity index (χ0v) is 77.5. The lowest BCUT2D eigenvalue weighted by Crippen LogP contribution is -2.35. The first-order valence-electron chi connectivity index (χ1n) is 38.5. The number of nitrogens with zero attached hydrogens (tertiary/aromatic N) is 14. The lowest BCUT2D eigenvalue weighted by molar-refractivity contribution is -0.137. The van der Waals surface area contributed by atoms with Crippen LogP contribution in [0.1, 0.15) is 106 Å². The first-order valence-corrected chi connectivity index (χ1v) is 49.3. The number of aliphatic hydroxyl groups excluding tert-OH is 2. The van der Waals surface area contributed by atoms with Gasteiger partial charge in [0.15, 0.2) is 88.6 Å². The van der Waals surface area contributed by atoms with Crippen LogP contribution >= 0.6 is 50.8 Å². The molecule has 14 rings (SSSR count). The number of carboxylic acids is 1. The first-order chi connectivity index (χ1) is 60.4. The third-order valence-corrected chi connectivity index (χ3v) is 25.1. The van der Waals surface area contributed by atoms with Crippen LogP contribution in [0.15, 0.2) is 59.9 Å². The molecule has 0 aromatic carbocycles. The highest BCUT2D eigenvalue weighted by molar-refractivity contribution is 8.44. The maximum atomic E-state index is 16.5. The van der Waals surface area contributed by atoms with E-state index in [0.29, 0.717) is 39.1 Å². The van der Waals surface area contributed by atoms with Crippen molar-refractivity contribution in [3.63, 3.8) is 0 Å². The molecule has 4 bridgehead atoms. The summed E-state index contributed by atoms with van der Waals surface area (Å²) in [6, 6.07) is 0. The number of halogens is 6. The maximum absolute atomic E-state index is 16.5. The smallest absolute Gasteiger partial charge is 0.410 e. The average Bonchev–Trinajstić information content (AvgIpc) is 1.61. The summed E-state index contributed by atoms with van der Waals surface area (Å²) in [5, 5.41) is 32.5. The number of aliphatic carboxylic acids is 1. The van der Waals surface area contributed by atoms with Gasteiger partial charge in [-0.2, -0.15) is 0 Å². The van der Waals surface area contributed by atoms with E-state index < -0.39 is 226 Å². The highest BCUT2D eigenvalue weighted by atomic mass is 35.5. The van der Waals surface area contributed by atoms with Crippen LogP contribution in [0.4, 0.5) is 48.0 Å². The minimum absolute atomic E-state index is 0.000855. The molecule has 61 heteroatoms. The summed E-state index contributed by atoms with van der Waals surface area (Å²) in [6.07, 6.45) is -17.3. The number of hydrogen-bond acceptors (Lipinski definition) is 37. The lowest BCUT2D eigenvalue weighted by atomic mass is 10.1. The van der Waals surface area contributed by atoms with Crippen molar-refractivity contribution in [2.24, 2.45) is 5.92 Å². The molecule has 6 aliphatic rings. The number of nitrogens with two attached hydrogens (primary N) is 1. The molecule has 14 heterocycles. The molecule has 0 aliphatic carbocycles. The Hall–Kier alpha value is -7.52. The molecular weight excluding hydrogens is 1920 g/mol. The Bertz CT molecular complexity index is 5670. The molecular formula is C68H92ClF5N18O29P4S4. The standard InChI is InChI=1S/C31H39F2N9O13P2S2.C21H22F2N8O10P2S2.C10H19NO4.C5H9ClO2.CH3F/c1-31(2,3)53-30(46)40(4)7-5-6-17(43)39-24-20-26(36-11-34-24)42(13-38-20)28-19(33)22-16(52-28)10-50-57(48,59)55-23-21(44)15(9-49-56(47,58)54-22)51-29(23)41-8-14(32)18-25(41)35-12-37-27(18)45;22-7-1-30(17-10(7)19(33)28-5-26-17)21-15-13(32)8(38-21)2-36-42(34,44)40-14-9(3-37-43(35,45)41-15)39-20(11(14)23)31-6-29-12-16(24)25-4-27-18(12)31;1-10(2,3)15-9(14)11(4)7-5-6-8(12)13;1-4(2)3-8-5(6)7;1-2/h8,11-13,15-16,19,21-23,28-29,44H,5-7,9-10H2,1-4H3,(H,47,58)(H,48,59)(H,35,37,45)(H,34,36,39,43);1,4-6,8-9,11,13-15,20-21,32H,2-3H2,(H,34,44)(H,35,45)(H2,24,25,27)(H,26,28,33);5-7H2,1-4H3,(H,12,13);4H,3H2,1-2H3;1H3/t15-,16-,19-,21-,22-,23-,28-,29-,56?,57?;8-,9-,11-,13-,14-,15-,20-,21-,42?,43?;;;/m11.../s1. The Balaban J connectivity index is 0.000000216. The Morgan fingerprint density at radius 1 is 0.612 bits per heavy atom. The Labute approximate surface area is 753 Å². The minimum Gasteiger partial charge on any atom is -0.481 e. The third kappa shape index (κ3) is 26.3. The van der Waals surface area contributed by atoms with Crippen molar-refractivity contribution in [2.45, 2.75) is 191 Å². The van der Waals surface area contributed by atoms with Gasteiger partial charge in [0.1, 0.15) is 101 Å². The molecule has 8 aromatic rings. The molecule has 0 radical (unpaired) electrons. The number of anilines is 2. The number of aromatic amines is 2. The molecule has 6 aliphatic heterocycles. The first kappa shape index (κ1) is 104. The number of aromatic nitrogens is 14. The summed E-state index contributed by atoms with van der Waals surface area (Å²) < 4.78 is 173. The van der Waals surface area contributed by atoms with Gasteiger partial charge in [0, 0.05) is 64.0 Å². The van der Waals surface area contributed by atoms with Crippen LogP contribution in [0.3, 0.4) is 0 Å². The number of nitrogens with one attached hydrogen (secondary N) is 3. The van der Waals surface area contributed by atoms with Gasteiger partial charge in [0.2, 0.25) is 5.91 Å². The summed E-state index contributed by atoms with van der Waals surface area (Å²) in [6.45, 7) is -4.78. The quantitative estimate of drug-likeness (QED) is 0.0159. The van der Waals surface area contributed by atoms with Crippen molar-refractivity contribution in [1.29, 1.82) is 0 Å². The van der Waals surface area contributed by atoms with Gasteiger partial charge in [0.25, 0.3) is 11.1 Å². The topological polar surface area (TPSA) is 595 Å². The summed E-state index contributed by atoms with van der Waals surface area (Å²) in [5.74, 6) is -2.85. The predicted molar refractivity (Wildman–Crippen MR) is 454 cm³/mol. The normalized spacial score (nSPS) is 29.5. The largest absolute Gasteiger partial charge is 0.481 e. The predicted octanol–water partition coefficient (Wildman–Crippen LogP) is 7.21. The van der Waals surface area contributed by atoms with E-state index in [1.807, 2.05) is 13.8 Å². The van der Waals surface area contributed by atoms with Gasteiger partial charge in [-0.25, -0.2) is 76.4 Å². The van der Waals surface area contributed by atoms with Crippen molar-refractivity contribution in [3.05, 3.63) is 82.7 Å². The number of rotatable bonds is 15. The second-order valence-corrected chi connectivity index (χ2v) is 42.7. The number of carbonyl (C=O) groups excluding carboxylic acids is 4. The number of aliphatic hydroxyl groups is 2. The zero-order valence-electron chi connectivity index (χ0n) is 69.9. The van der Waals surface area contributed by atoms with E-state index in [9.17, 15) is 76.2 Å². The van der Waals surface area contributed by atoms with Crippen LogP contribution in [0.5, 0.6) is 0 Å². The number of hydrogen-bond donors (Lipinski definition) is 11. The fourth-order valence-electron chi connectivity index (χ4n) is 13.1. The number of fused-ring (bicyclic) bond motifs is 10. The SMILES string of the molecule is CC(C)COC(=O)Cl.CF.CN(CCCC(=O)Nc1ncnc2c1ncn2[C@@H]1O[C@@H]2COP(O)(=S)O[C@@H]3[C@H](O)[C@@H](COP(=O)(S)O[C@H]2[C@H]1F)O[C@H]3n1cc(F)c2c(=O)[nH]cnc21)C(=O)OC(C)(C)C.CN(CCCC(=O)O)C(=O)OC(C)(C)C.Nc1ncnc2c1ncn2[C@@H]1O[C@@H]2COP(O)(=S)O[C@@H]3[C@H](O)[C@@H](COP(O)(=S)O[C@H]2[C@H]1F)O[C@H]3n1cc(F)c2c(=O)[nH]cnc21. The summed E-state index contributed by atoms with van der Waals surface area (Å²) in [7, 11) is 3.64. The summed E-state index contributed by atoms with van der Waals surface area (Å²) in [4.78, 5) is 154. The molecule has 129 heavy (non-hydrogen) atoms. The molecule has 11 N–H and O–H groups in total. The second-order valence-electron chi connectivity index (χ2n) is 31.1. The van der Waals surface area contributed by atoms with E-state index in [-0.39, 0.29) is 64.6 Å². The number of ether oxygens (including phenoxy) is 7.